The molecule has 0 atom stereocenters. The van der Waals surface area contributed by atoms with Crippen molar-refractivity contribution in [2.24, 2.45) is 0 Å². The van der Waals surface area contributed by atoms with Crippen LogP contribution in [0.4, 0.5) is 5.82 Å². The molecule has 0 bridgehead atoms. The molecule has 0 radical (unpaired) electrons. The van der Waals surface area contributed by atoms with Crippen LogP contribution in [0.1, 0.15) is 21.5 Å². The van der Waals surface area contributed by atoms with Crippen LogP contribution in [0.15, 0.2) is 66.9 Å². The number of carbonyl (C=O) groups is 1. The Balaban J connectivity index is 1.36. The molecule has 1 fully saturated rings. The van der Waals surface area contributed by atoms with Crippen LogP contribution in [0, 0.1) is 11.3 Å². The minimum Gasteiger partial charge on any atom is -0.457 e. The van der Waals surface area contributed by atoms with Gasteiger partial charge in [-0.3, -0.25) is 0 Å². The first kappa shape index (κ1) is 19.6. The zero-order chi connectivity index (χ0) is 20.8. The summed E-state index contributed by atoms with van der Waals surface area (Å²) in [4.78, 5) is 18.9. The van der Waals surface area contributed by atoms with E-state index in [-0.39, 0.29) is 6.61 Å². The number of benzene rings is 2. The molecule has 0 saturated carbocycles. The second-order valence-corrected chi connectivity index (χ2v) is 6.93. The Bertz CT molecular complexity index is 1050. The van der Waals surface area contributed by atoms with Crippen LogP contribution in [0.25, 0.3) is 11.1 Å². The van der Waals surface area contributed by atoms with E-state index in [2.05, 4.69) is 16.0 Å². The Labute approximate surface area is 175 Å². The highest BCUT2D eigenvalue weighted by molar-refractivity contribution is 5.89. The lowest BCUT2D eigenvalue weighted by atomic mass is 9.99. The van der Waals surface area contributed by atoms with Crippen LogP contribution in [0.5, 0.6) is 0 Å². The third-order valence-electron chi connectivity index (χ3n) is 5.00. The minimum atomic E-state index is -0.407. The fourth-order valence-electron chi connectivity index (χ4n) is 3.33. The van der Waals surface area contributed by atoms with Gasteiger partial charge in [0.1, 0.15) is 12.4 Å². The van der Waals surface area contributed by atoms with Gasteiger partial charge >= 0.3 is 5.97 Å². The minimum absolute atomic E-state index is 0.171. The zero-order valence-corrected chi connectivity index (χ0v) is 16.5. The molecule has 150 valence electrons. The summed E-state index contributed by atoms with van der Waals surface area (Å²) in [5.41, 5.74) is 3.76. The number of rotatable bonds is 5. The number of esters is 1. The average Bonchev–Trinajstić information content (AvgIpc) is 2.83. The normalized spacial score (nSPS) is 13.5. The first-order valence-electron chi connectivity index (χ1n) is 9.79. The molecule has 1 aromatic heterocycles. The predicted molar refractivity (Wildman–Crippen MR) is 113 cm³/mol. The lowest BCUT2D eigenvalue weighted by molar-refractivity contribution is 0.0472. The van der Waals surface area contributed by atoms with Crippen LogP contribution >= 0.6 is 0 Å². The first-order valence-corrected chi connectivity index (χ1v) is 9.79. The molecule has 30 heavy (non-hydrogen) atoms. The number of anilines is 1. The third-order valence-corrected chi connectivity index (χ3v) is 5.00. The van der Waals surface area contributed by atoms with Gasteiger partial charge in [-0.15, -0.1) is 0 Å². The van der Waals surface area contributed by atoms with Crippen LogP contribution < -0.4 is 4.90 Å². The Morgan fingerprint density at radius 1 is 1.07 bits per heavy atom. The third kappa shape index (κ3) is 4.48. The summed E-state index contributed by atoms with van der Waals surface area (Å²) >= 11 is 0. The van der Waals surface area contributed by atoms with Gasteiger partial charge in [0.2, 0.25) is 0 Å². The fraction of sp³-hybridized carbons (Fsp3) is 0.208. The summed E-state index contributed by atoms with van der Waals surface area (Å²) in [5, 5.41) is 9.26. The summed E-state index contributed by atoms with van der Waals surface area (Å²) in [5.74, 6) is 0.429. The number of hydrogen-bond acceptors (Lipinski definition) is 6. The maximum atomic E-state index is 12.3. The van der Waals surface area contributed by atoms with Crippen LogP contribution in [-0.2, 0) is 16.1 Å². The van der Waals surface area contributed by atoms with Gasteiger partial charge in [-0.25, -0.2) is 9.78 Å². The summed E-state index contributed by atoms with van der Waals surface area (Å²) in [6.45, 7) is 3.14. The molecule has 0 N–H and O–H groups in total. The highest BCUT2D eigenvalue weighted by atomic mass is 16.5. The van der Waals surface area contributed by atoms with E-state index >= 15 is 0 Å². The Morgan fingerprint density at radius 2 is 1.83 bits per heavy atom. The standard InChI is InChI=1S/C24H21N3O3/c25-15-20-3-1-2-4-22(20)19-7-5-18(6-8-19)17-30-24(28)21-9-10-23(26-16-21)27-11-13-29-14-12-27/h1-10,16H,11-14,17H2. The molecular weight excluding hydrogens is 378 g/mol. The van der Waals surface area contributed by atoms with Crippen molar-refractivity contribution in [1.29, 1.82) is 5.26 Å². The number of nitriles is 1. The van der Waals surface area contributed by atoms with E-state index in [0.29, 0.717) is 24.3 Å². The largest absolute Gasteiger partial charge is 0.457 e. The van der Waals surface area contributed by atoms with Gasteiger partial charge in [-0.05, 0) is 34.9 Å². The van der Waals surface area contributed by atoms with Gasteiger partial charge in [0.25, 0.3) is 0 Å². The molecule has 4 rings (SSSR count). The fourth-order valence-corrected chi connectivity index (χ4v) is 3.33. The molecule has 0 spiro atoms. The Hall–Kier alpha value is -3.69. The van der Waals surface area contributed by atoms with Crippen LogP contribution in [0.2, 0.25) is 0 Å². The van der Waals surface area contributed by atoms with Gasteiger partial charge in [-0.2, -0.15) is 5.26 Å². The number of aromatic nitrogens is 1. The number of hydrogen-bond donors (Lipinski definition) is 0. The maximum Gasteiger partial charge on any atom is 0.340 e. The molecule has 2 heterocycles. The molecule has 0 amide bonds. The second kappa shape index (κ2) is 9.21. The summed E-state index contributed by atoms with van der Waals surface area (Å²) in [6, 6.07) is 20.9. The second-order valence-electron chi connectivity index (χ2n) is 6.93. The molecule has 1 saturated heterocycles. The molecule has 3 aromatic rings. The van der Waals surface area contributed by atoms with E-state index in [0.717, 1.165) is 35.6 Å². The van der Waals surface area contributed by atoms with Gasteiger partial charge in [0.15, 0.2) is 0 Å². The van der Waals surface area contributed by atoms with Crippen molar-refractivity contribution in [1.82, 2.24) is 4.98 Å². The molecular formula is C24H21N3O3. The number of morpholine rings is 1. The van der Waals surface area contributed by atoms with Crippen molar-refractivity contribution in [2.75, 3.05) is 31.2 Å². The highest BCUT2D eigenvalue weighted by Crippen LogP contribution is 2.23. The van der Waals surface area contributed by atoms with Crippen molar-refractivity contribution in [3.05, 3.63) is 83.6 Å². The molecule has 2 aromatic carbocycles. The number of pyridine rings is 1. The van der Waals surface area contributed by atoms with Gasteiger partial charge in [0.05, 0.1) is 30.4 Å². The zero-order valence-electron chi connectivity index (χ0n) is 16.5. The van der Waals surface area contributed by atoms with Crippen LogP contribution in [-0.4, -0.2) is 37.3 Å². The molecule has 0 aliphatic carbocycles. The number of nitrogens with zero attached hydrogens (tertiary/aromatic N) is 3. The maximum absolute atomic E-state index is 12.3. The molecule has 6 heteroatoms. The number of ether oxygens (including phenoxy) is 2. The lowest BCUT2D eigenvalue weighted by Gasteiger charge is -2.27. The van der Waals surface area contributed by atoms with Crippen molar-refractivity contribution in [2.45, 2.75) is 6.61 Å². The monoisotopic (exact) mass is 399 g/mol. The predicted octanol–water partition coefficient (Wildman–Crippen LogP) is 3.81. The first-order chi connectivity index (χ1) is 14.7. The Kier molecular flexibility index (Phi) is 6.02. The van der Waals surface area contributed by atoms with Crippen molar-refractivity contribution >= 4 is 11.8 Å². The van der Waals surface area contributed by atoms with E-state index in [1.165, 1.54) is 0 Å². The topological polar surface area (TPSA) is 75.5 Å². The van der Waals surface area contributed by atoms with E-state index in [4.69, 9.17) is 9.47 Å². The molecule has 1 aliphatic rings. The molecule has 6 nitrogen and oxygen atoms in total. The molecule has 1 aliphatic heterocycles. The molecule has 0 unspecified atom stereocenters. The lowest BCUT2D eigenvalue weighted by Crippen LogP contribution is -2.36. The Morgan fingerprint density at radius 3 is 2.53 bits per heavy atom. The smallest absolute Gasteiger partial charge is 0.340 e. The highest BCUT2D eigenvalue weighted by Gasteiger charge is 2.14. The SMILES string of the molecule is N#Cc1ccccc1-c1ccc(COC(=O)c2ccc(N3CCOCC3)nc2)cc1. The average molecular weight is 399 g/mol. The summed E-state index contributed by atoms with van der Waals surface area (Å²) < 4.78 is 10.8. The van der Waals surface area contributed by atoms with E-state index in [9.17, 15) is 10.1 Å². The van der Waals surface area contributed by atoms with Crippen molar-refractivity contribution in [3.63, 3.8) is 0 Å². The van der Waals surface area contributed by atoms with E-state index < -0.39 is 5.97 Å². The van der Waals surface area contributed by atoms with Crippen LogP contribution in [0.3, 0.4) is 0 Å². The van der Waals surface area contributed by atoms with Gasteiger partial charge < -0.3 is 14.4 Å². The van der Waals surface area contributed by atoms with E-state index in [1.54, 1.807) is 18.3 Å². The number of carbonyl (C=O) groups excluding carboxylic acids is 1. The van der Waals surface area contributed by atoms with Gasteiger partial charge in [-0.1, -0.05) is 42.5 Å². The quantitative estimate of drug-likeness (QED) is 0.607. The van der Waals surface area contributed by atoms with Crippen molar-refractivity contribution < 1.29 is 14.3 Å². The van der Waals surface area contributed by atoms with E-state index in [1.807, 2.05) is 48.5 Å². The van der Waals surface area contributed by atoms with Crippen molar-refractivity contribution in [3.8, 4) is 17.2 Å². The summed E-state index contributed by atoms with van der Waals surface area (Å²) in [6.07, 6.45) is 1.55. The van der Waals surface area contributed by atoms with Gasteiger partial charge in [0, 0.05) is 19.3 Å². The summed E-state index contributed by atoms with van der Waals surface area (Å²) in [7, 11) is 0.